The van der Waals surface area contributed by atoms with Gasteiger partial charge in [-0.15, -0.1) is 0 Å². The standard InChI is InChI=1S/C38H52O5/c1-31-10-18-35(19-11-31)42-29-7-9-32-12-20-36(21-13-32)40-27-5-3-4-6-28-41-37-22-14-33(15-23-37)34-16-24-38(25-17-34)43-30-8-26-39-2/h10-11,14-19,22-25,32,36H,3-9,12-13,20-21,26-30H2,1-2H3. The quantitative estimate of drug-likeness (QED) is 0.123. The van der Waals surface area contributed by atoms with Crippen molar-refractivity contribution in [3.8, 4) is 28.4 Å². The van der Waals surface area contributed by atoms with E-state index in [1.165, 1.54) is 61.6 Å². The van der Waals surface area contributed by atoms with Crippen LogP contribution in [0, 0.1) is 12.8 Å². The molecule has 43 heavy (non-hydrogen) atoms. The number of methoxy groups -OCH3 is 1. The van der Waals surface area contributed by atoms with Gasteiger partial charge in [-0.05, 0) is 118 Å². The normalized spacial score (nSPS) is 16.6. The van der Waals surface area contributed by atoms with Crippen molar-refractivity contribution in [2.75, 3.05) is 40.1 Å². The second-order valence-electron chi connectivity index (χ2n) is 11.8. The molecular weight excluding hydrogens is 536 g/mol. The second kappa shape index (κ2) is 19.3. The van der Waals surface area contributed by atoms with E-state index in [4.69, 9.17) is 23.7 Å². The zero-order valence-electron chi connectivity index (χ0n) is 26.4. The number of hydrogen-bond acceptors (Lipinski definition) is 5. The Labute approximate surface area is 259 Å². The molecule has 3 aromatic carbocycles. The first kappa shape index (κ1) is 32.9. The average molecular weight is 589 g/mol. The summed E-state index contributed by atoms with van der Waals surface area (Å²) in [7, 11) is 1.71. The molecule has 0 radical (unpaired) electrons. The van der Waals surface area contributed by atoms with E-state index in [0.717, 1.165) is 75.3 Å². The maximum Gasteiger partial charge on any atom is 0.119 e. The Morgan fingerprint density at radius 1 is 0.512 bits per heavy atom. The molecule has 0 atom stereocenters. The topological polar surface area (TPSA) is 46.2 Å². The van der Waals surface area contributed by atoms with Crippen LogP contribution in [-0.4, -0.2) is 46.2 Å². The highest BCUT2D eigenvalue weighted by molar-refractivity contribution is 5.64. The fourth-order valence-electron chi connectivity index (χ4n) is 5.66. The van der Waals surface area contributed by atoms with Crippen molar-refractivity contribution < 1.29 is 23.7 Å². The van der Waals surface area contributed by atoms with Gasteiger partial charge in [0.2, 0.25) is 0 Å². The van der Waals surface area contributed by atoms with Crippen LogP contribution in [0.4, 0.5) is 0 Å². The van der Waals surface area contributed by atoms with Gasteiger partial charge in [0.1, 0.15) is 17.2 Å². The summed E-state index contributed by atoms with van der Waals surface area (Å²) in [6.07, 6.45) is 13.4. The number of ether oxygens (including phenoxy) is 5. The van der Waals surface area contributed by atoms with Crippen LogP contribution in [-0.2, 0) is 9.47 Å². The van der Waals surface area contributed by atoms with Crippen LogP contribution in [0.3, 0.4) is 0 Å². The lowest BCUT2D eigenvalue weighted by Gasteiger charge is -2.28. The number of aryl methyl sites for hydroxylation is 1. The van der Waals surface area contributed by atoms with Crippen LogP contribution in [0.5, 0.6) is 17.2 Å². The second-order valence-corrected chi connectivity index (χ2v) is 11.8. The van der Waals surface area contributed by atoms with Gasteiger partial charge in [-0.2, -0.15) is 0 Å². The van der Waals surface area contributed by atoms with Gasteiger partial charge in [-0.3, -0.25) is 0 Å². The summed E-state index contributed by atoms with van der Waals surface area (Å²) in [6.45, 7) is 5.96. The Bertz CT molecular complexity index is 1120. The van der Waals surface area contributed by atoms with Gasteiger partial charge >= 0.3 is 0 Å². The minimum Gasteiger partial charge on any atom is -0.494 e. The van der Waals surface area contributed by atoms with E-state index < -0.39 is 0 Å². The summed E-state index contributed by atoms with van der Waals surface area (Å²) in [4.78, 5) is 0. The fourth-order valence-corrected chi connectivity index (χ4v) is 5.66. The molecule has 0 amide bonds. The highest BCUT2D eigenvalue weighted by Crippen LogP contribution is 2.30. The lowest BCUT2D eigenvalue weighted by atomic mass is 9.84. The first-order valence-electron chi connectivity index (χ1n) is 16.5. The Morgan fingerprint density at radius 3 is 1.56 bits per heavy atom. The van der Waals surface area contributed by atoms with E-state index in [1.807, 2.05) is 12.1 Å². The summed E-state index contributed by atoms with van der Waals surface area (Å²) in [6, 6.07) is 25.0. The fraction of sp³-hybridized carbons (Fsp3) is 0.526. The zero-order chi connectivity index (χ0) is 30.0. The van der Waals surface area contributed by atoms with Gasteiger partial charge in [0, 0.05) is 26.7 Å². The highest BCUT2D eigenvalue weighted by atomic mass is 16.5. The molecule has 1 fully saturated rings. The van der Waals surface area contributed by atoms with Gasteiger partial charge in [0.25, 0.3) is 0 Å². The van der Waals surface area contributed by atoms with Crippen molar-refractivity contribution in [1.82, 2.24) is 0 Å². The molecule has 3 aromatic rings. The van der Waals surface area contributed by atoms with Gasteiger partial charge in [0.15, 0.2) is 0 Å². The highest BCUT2D eigenvalue weighted by Gasteiger charge is 2.21. The molecule has 0 N–H and O–H groups in total. The van der Waals surface area contributed by atoms with Crippen molar-refractivity contribution in [2.24, 2.45) is 5.92 Å². The average Bonchev–Trinajstić information content (AvgIpc) is 3.05. The molecule has 0 aliphatic heterocycles. The van der Waals surface area contributed by atoms with Crippen molar-refractivity contribution in [3.05, 3.63) is 78.4 Å². The van der Waals surface area contributed by atoms with Gasteiger partial charge in [-0.1, -0.05) is 48.4 Å². The molecule has 5 nitrogen and oxygen atoms in total. The lowest BCUT2D eigenvalue weighted by molar-refractivity contribution is 0.0148. The Morgan fingerprint density at radius 2 is 1.00 bits per heavy atom. The largest absolute Gasteiger partial charge is 0.494 e. The molecule has 0 aromatic heterocycles. The monoisotopic (exact) mass is 588 g/mol. The summed E-state index contributed by atoms with van der Waals surface area (Å²) in [5.41, 5.74) is 3.62. The van der Waals surface area contributed by atoms with E-state index >= 15 is 0 Å². The number of unbranched alkanes of at least 4 members (excludes halogenated alkanes) is 3. The molecule has 1 aliphatic rings. The van der Waals surface area contributed by atoms with E-state index in [9.17, 15) is 0 Å². The predicted molar refractivity (Wildman–Crippen MR) is 175 cm³/mol. The van der Waals surface area contributed by atoms with Crippen molar-refractivity contribution in [3.63, 3.8) is 0 Å². The molecule has 0 heterocycles. The number of hydrogen-bond donors (Lipinski definition) is 0. The molecule has 0 saturated heterocycles. The summed E-state index contributed by atoms with van der Waals surface area (Å²) in [5, 5.41) is 0. The van der Waals surface area contributed by atoms with Crippen LogP contribution in [0.15, 0.2) is 72.8 Å². The van der Waals surface area contributed by atoms with Crippen molar-refractivity contribution in [1.29, 1.82) is 0 Å². The smallest absolute Gasteiger partial charge is 0.119 e. The third kappa shape index (κ3) is 12.6. The molecule has 0 bridgehead atoms. The number of rotatable bonds is 20. The molecule has 1 saturated carbocycles. The van der Waals surface area contributed by atoms with E-state index in [-0.39, 0.29) is 0 Å². The van der Waals surface area contributed by atoms with Crippen molar-refractivity contribution >= 4 is 0 Å². The van der Waals surface area contributed by atoms with E-state index in [2.05, 4.69) is 67.6 Å². The Hall–Kier alpha value is -3.02. The molecule has 0 unspecified atom stereocenters. The molecule has 234 valence electrons. The Balaban J connectivity index is 0.972. The lowest BCUT2D eigenvalue weighted by Crippen LogP contribution is -2.22. The molecule has 4 rings (SSSR count). The molecule has 5 heteroatoms. The van der Waals surface area contributed by atoms with Gasteiger partial charge < -0.3 is 23.7 Å². The minimum atomic E-state index is 0.462. The third-order valence-electron chi connectivity index (χ3n) is 8.30. The van der Waals surface area contributed by atoms with Crippen LogP contribution < -0.4 is 14.2 Å². The molecule has 1 aliphatic carbocycles. The summed E-state index contributed by atoms with van der Waals surface area (Å²) >= 11 is 0. The maximum absolute atomic E-state index is 6.21. The SMILES string of the molecule is COCCCOc1ccc(-c2ccc(OCCCCCCOC3CCC(CCCOc4ccc(C)cc4)CC3)cc2)cc1. The van der Waals surface area contributed by atoms with Gasteiger partial charge in [0.05, 0.1) is 25.9 Å². The van der Waals surface area contributed by atoms with Crippen LogP contribution in [0.25, 0.3) is 11.1 Å². The predicted octanol–water partition coefficient (Wildman–Crippen LogP) is 9.45. The molecule has 0 spiro atoms. The summed E-state index contributed by atoms with van der Waals surface area (Å²) < 4.78 is 28.9. The summed E-state index contributed by atoms with van der Waals surface area (Å²) in [5.74, 6) is 3.64. The van der Waals surface area contributed by atoms with E-state index in [1.54, 1.807) is 7.11 Å². The van der Waals surface area contributed by atoms with E-state index in [0.29, 0.717) is 12.7 Å². The van der Waals surface area contributed by atoms with Crippen molar-refractivity contribution in [2.45, 2.75) is 83.7 Å². The van der Waals surface area contributed by atoms with Crippen LogP contribution >= 0.6 is 0 Å². The maximum atomic E-state index is 6.21. The zero-order valence-corrected chi connectivity index (χ0v) is 26.4. The van der Waals surface area contributed by atoms with Crippen LogP contribution in [0.2, 0.25) is 0 Å². The number of benzene rings is 3. The van der Waals surface area contributed by atoms with Gasteiger partial charge in [-0.25, -0.2) is 0 Å². The Kier molecular flexibility index (Phi) is 14.8. The first-order valence-corrected chi connectivity index (χ1v) is 16.5. The minimum absolute atomic E-state index is 0.462. The van der Waals surface area contributed by atoms with Crippen LogP contribution in [0.1, 0.15) is 76.2 Å². The third-order valence-corrected chi connectivity index (χ3v) is 8.30. The molecular formula is C38H52O5. The first-order chi connectivity index (χ1) is 21.2.